The number of carbonyl (C=O) groups is 2. The molecule has 8 nitrogen and oxygen atoms in total. The third-order valence-corrected chi connectivity index (χ3v) is 6.65. The first-order valence-electron chi connectivity index (χ1n) is 11.9. The molecule has 5 rings (SSSR count). The molecule has 3 aromatic heterocycles. The van der Waals surface area contributed by atoms with Gasteiger partial charge in [-0.05, 0) is 56.2 Å². The van der Waals surface area contributed by atoms with Gasteiger partial charge in [-0.2, -0.15) is 5.10 Å². The molecular weight excluding hydrogens is 461 g/mol. The number of nitrogens with one attached hydrogen (secondary N) is 1. The van der Waals surface area contributed by atoms with Gasteiger partial charge in [0.2, 0.25) is 0 Å². The number of benzene rings is 1. The molecule has 1 aliphatic heterocycles. The van der Waals surface area contributed by atoms with Gasteiger partial charge in [0, 0.05) is 43.0 Å². The Morgan fingerprint density at radius 1 is 1.08 bits per heavy atom. The molecule has 0 saturated carbocycles. The highest BCUT2D eigenvalue weighted by molar-refractivity contribution is 5.97. The molecule has 9 heteroatoms. The lowest BCUT2D eigenvalue weighted by molar-refractivity contribution is 0.0148. The summed E-state index contributed by atoms with van der Waals surface area (Å²) in [5, 5.41) is 6.56. The zero-order chi connectivity index (χ0) is 25.6. The van der Waals surface area contributed by atoms with Gasteiger partial charge >= 0.3 is 0 Å². The number of rotatable bonds is 4. The van der Waals surface area contributed by atoms with E-state index in [9.17, 15) is 14.0 Å². The number of aromatic nitrogens is 3. The molecule has 1 aromatic carbocycles. The lowest BCUT2D eigenvalue weighted by atomic mass is 9.98. The van der Waals surface area contributed by atoms with Crippen LogP contribution in [0.4, 0.5) is 4.39 Å². The number of furan rings is 1. The maximum atomic E-state index is 13.6. The van der Waals surface area contributed by atoms with Gasteiger partial charge in [-0.25, -0.2) is 9.37 Å². The van der Waals surface area contributed by atoms with E-state index in [-0.39, 0.29) is 29.3 Å². The van der Waals surface area contributed by atoms with Crippen molar-refractivity contribution in [3.63, 3.8) is 0 Å². The number of fused-ring (bicyclic) bond motifs is 1. The molecule has 0 atom stereocenters. The topological polar surface area (TPSA) is 95.3 Å². The third kappa shape index (κ3) is 4.25. The Balaban J connectivity index is 1.45. The molecule has 1 fully saturated rings. The summed E-state index contributed by atoms with van der Waals surface area (Å²) < 4.78 is 19.5. The monoisotopic (exact) mass is 489 g/mol. The maximum Gasteiger partial charge on any atom is 0.290 e. The number of carbonyl (C=O) groups excluding carboxylic acids is 2. The van der Waals surface area contributed by atoms with Crippen LogP contribution >= 0.6 is 0 Å². The molecule has 1 aliphatic rings. The Labute approximate surface area is 208 Å². The minimum absolute atomic E-state index is 0.122. The van der Waals surface area contributed by atoms with E-state index < -0.39 is 5.54 Å². The molecule has 186 valence electrons. The number of halogens is 1. The second kappa shape index (κ2) is 8.89. The number of amides is 2. The van der Waals surface area contributed by atoms with Gasteiger partial charge in [0.25, 0.3) is 11.8 Å². The van der Waals surface area contributed by atoms with E-state index in [0.29, 0.717) is 42.1 Å². The lowest BCUT2D eigenvalue weighted by Crippen LogP contribution is -2.62. The van der Waals surface area contributed by atoms with Crippen molar-refractivity contribution in [1.29, 1.82) is 0 Å². The fourth-order valence-electron chi connectivity index (χ4n) is 4.73. The summed E-state index contributed by atoms with van der Waals surface area (Å²) in [4.78, 5) is 34.6. The first-order chi connectivity index (χ1) is 17.1. The van der Waals surface area contributed by atoms with Crippen molar-refractivity contribution < 1.29 is 18.4 Å². The predicted molar refractivity (Wildman–Crippen MR) is 133 cm³/mol. The first kappa shape index (κ1) is 23.7. The van der Waals surface area contributed by atoms with Crippen molar-refractivity contribution >= 4 is 22.9 Å². The van der Waals surface area contributed by atoms with Crippen LogP contribution in [-0.2, 0) is 0 Å². The molecule has 4 aromatic rings. The zero-order valence-electron chi connectivity index (χ0n) is 20.7. The Morgan fingerprint density at radius 2 is 1.83 bits per heavy atom. The van der Waals surface area contributed by atoms with E-state index >= 15 is 0 Å². The summed E-state index contributed by atoms with van der Waals surface area (Å²) in [5.74, 6) is -0.372. The minimum atomic E-state index is -0.614. The molecule has 4 heterocycles. The average molecular weight is 490 g/mol. The van der Waals surface area contributed by atoms with Crippen molar-refractivity contribution in [2.75, 3.05) is 19.6 Å². The Hall–Kier alpha value is -4.01. The predicted octanol–water partition coefficient (Wildman–Crippen LogP) is 4.86. The number of hydrogen-bond donors (Lipinski definition) is 1. The van der Waals surface area contributed by atoms with E-state index in [0.717, 1.165) is 11.1 Å². The standard InChI is InChI=1S/C27H28FN5O3/c1-16(2)19-13-21(17-5-7-18(28)8-6-17)30-22-14-23(36-24(19)22)26(35)33-12-11-32(15-27(33,3)4)25(34)20-9-10-29-31-20/h5-10,13-14,16H,11-12,15H2,1-4H3,(H,29,31). The number of pyridine rings is 1. The molecule has 0 unspecified atom stereocenters. The van der Waals surface area contributed by atoms with Crippen LogP contribution in [0.1, 0.15) is 60.2 Å². The van der Waals surface area contributed by atoms with Crippen LogP contribution < -0.4 is 0 Å². The highest BCUT2D eigenvalue weighted by Crippen LogP contribution is 2.33. The summed E-state index contributed by atoms with van der Waals surface area (Å²) in [5.41, 5.74) is 3.36. The Bertz CT molecular complexity index is 1420. The maximum absolute atomic E-state index is 13.6. The van der Waals surface area contributed by atoms with Crippen LogP contribution in [0.25, 0.3) is 22.4 Å². The SMILES string of the molecule is CC(C)c1cc(-c2ccc(F)cc2)nc2cc(C(=O)N3CCN(C(=O)c4ccn[nH]4)CC3(C)C)oc12. The van der Waals surface area contributed by atoms with Crippen LogP contribution in [-0.4, -0.2) is 62.0 Å². The molecule has 0 aliphatic carbocycles. The summed E-state index contributed by atoms with van der Waals surface area (Å²) in [6.07, 6.45) is 1.54. The van der Waals surface area contributed by atoms with E-state index in [2.05, 4.69) is 10.2 Å². The van der Waals surface area contributed by atoms with Crippen LogP contribution in [0.3, 0.4) is 0 Å². The third-order valence-electron chi connectivity index (χ3n) is 6.65. The Morgan fingerprint density at radius 3 is 2.47 bits per heavy atom. The van der Waals surface area contributed by atoms with Gasteiger partial charge in [0.1, 0.15) is 17.0 Å². The number of H-pyrrole nitrogens is 1. The van der Waals surface area contributed by atoms with Gasteiger partial charge in [-0.15, -0.1) is 0 Å². The molecular formula is C27H28FN5O3. The highest BCUT2D eigenvalue weighted by atomic mass is 19.1. The van der Waals surface area contributed by atoms with Gasteiger partial charge in [0.05, 0.1) is 11.2 Å². The second-order valence-corrected chi connectivity index (χ2v) is 10.0. The molecule has 36 heavy (non-hydrogen) atoms. The number of aromatic amines is 1. The number of hydrogen-bond acceptors (Lipinski definition) is 5. The molecule has 2 amide bonds. The average Bonchev–Trinajstić information content (AvgIpc) is 3.52. The van der Waals surface area contributed by atoms with E-state index in [1.54, 1.807) is 40.3 Å². The molecule has 0 radical (unpaired) electrons. The van der Waals surface area contributed by atoms with Crippen molar-refractivity contribution in [2.45, 2.75) is 39.2 Å². The first-order valence-corrected chi connectivity index (χ1v) is 11.9. The van der Waals surface area contributed by atoms with Crippen molar-refractivity contribution in [3.8, 4) is 11.3 Å². The number of nitrogens with zero attached hydrogens (tertiary/aromatic N) is 4. The quantitative estimate of drug-likeness (QED) is 0.442. The van der Waals surface area contributed by atoms with Crippen molar-refractivity contribution in [3.05, 3.63) is 71.5 Å². The highest BCUT2D eigenvalue weighted by Gasteiger charge is 2.40. The largest absolute Gasteiger partial charge is 0.449 e. The molecule has 1 saturated heterocycles. The summed E-state index contributed by atoms with van der Waals surface area (Å²) in [6, 6.07) is 11.4. The summed E-state index contributed by atoms with van der Waals surface area (Å²) in [7, 11) is 0. The fraction of sp³-hybridized carbons (Fsp3) is 0.333. The van der Waals surface area contributed by atoms with E-state index in [1.165, 1.54) is 12.1 Å². The van der Waals surface area contributed by atoms with Gasteiger partial charge in [0.15, 0.2) is 11.3 Å². The number of piperazine rings is 1. The van der Waals surface area contributed by atoms with Crippen LogP contribution in [0.15, 0.2) is 53.1 Å². The van der Waals surface area contributed by atoms with Gasteiger partial charge < -0.3 is 14.2 Å². The molecule has 0 bridgehead atoms. The smallest absolute Gasteiger partial charge is 0.290 e. The van der Waals surface area contributed by atoms with E-state index in [4.69, 9.17) is 9.40 Å². The van der Waals surface area contributed by atoms with E-state index in [1.807, 2.05) is 33.8 Å². The van der Waals surface area contributed by atoms with Crippen molar-refractivity contribution in [1.82, 2.24) is 25.0 Å². The second-order valence-electron chi connectivity index (χ2n) is 10.0. The van der Waals surface area contributed by atoms with Crippen LogP contribution in [0, 0.1) is 5.82 Å². The van der Waals surface area contributed by atoms with Crippen LogP contribution in [0.2, 0.25) is 0 Å². The fourth-order valence-corrected chi connectivity index (χ4v) is 4.73. The lowest BCUT2D eigenvalue weighted by Gasteiger charge is -2.46. The zero-order valence-corrected chi connectivity index (χ0v) is 20.7. The van der Waals surface area contributed by atoms with Gasteiger partial charge in [-0.3, -0.25) is 14.7 Å². The van der Waals surface area contributed by atoms with Gasteiger partial charge in [-0.1, -0.05) is 13.8 Å². The summed E-state index contributed by atoms with van der Waals surface area (Å²) >= 11 is 0. The van der Waals surface area contributed by atoms with Crippen molar-refractivity contribution in [2.24, 2.45) is 0 Å². The minimum Gasteiger partial charge on any atom is -0.449 e. The Kier molecular flexibility index (Phi) is 5.86. The van der Waals surface area contributed by atoms with Crippen LogP contribution in [0.5, 0.6) is 0 Å². The molecule has 0 spiro atoms. The normalized spacial score (nSPS) is 15.6. The molecule has 1 N–H and O–H groups in total. The summed E-state index contributed by atoms with van der Waals surface area (Å²) in [6.45, 7) is 9.11.